The molecule has 1 aliphatic carbocycles. The molecule has 2 nitrogen and oxygen atoms in total. The summed E-state index contributed by atoms with van der Waals surface area (Å²) in [6.07, 6.45) is 2.45. The smallest absolute Gasteiger partial charge is 0.130 e. The van der Waals surface area contributed by atoms with Crippen molar-refractivity contribution in [3.63, 3.8) is 0 Å². The van der Waals surface area contributed by atoms with E-state index in [1.807, 2.05) is 13.8 Å². The van der Waals surface area contributed by atoms with E-state index in [-0.39, 0.29) is 18.0 Å². The number of halogens is 1. The molecular weight excluding hydrogens is 195 g/mol. The van der Waals surface area contributed by atoms with Gasteiger partial charge in [0.1, 0.15) is 17.3 Å². The Morgan fingerprint density at radius 3 is 2.47 bits per heavy atom. The molecule has 1 saturated carbocycles. The SMILES string of the molecule is CC(C)Oc1cc(F)cc(OC2CC2)c1. The predicted octanol–water partition coefficient (Wildman–Crippen LogP) is 3.15. The van der Waals surface area contributed by atoms with Gasteiger partial charge in [0.15, 0.2) is 0 Å². The topological polar surface area (TPSA) is 18.5 Å². The monoisotopic (exact) mass is 210 g/mol. The van der Waals surface area contributed by atoms with Gasteiger partial charge >= 0.3 is 0 Å². The van der Waals surface area contributed by atoms with Gasteiger partial charge in [-0.2, -0.15) is 0 Å². The molecule has 0 radical (unpaired) electrons. The van der Waals surface area contributed by atoms with Gasteiger partial charge in [0.05, 0.1) is 12.2 Å². The van der Waals surface area contributed by atoms with E-state index in [0.29, 0.717) is 11.5 Å². The van der Waals surface area contributed by atoms with Crippen LogP contribution in [0, 0.1) is 5.82 Å². The quantitative estimate of drug-likeness (QED) is 0.760. The largest absolute Gasteiger partial charge is 0.491 e. The average Bonchev–Trinajstić information content (AvgIpc) is 2.85. The predicted molar refractivity (Wildman–Crippen MR) is 55.8 cm³/mol. The minimum absolute atomic E-state index is 0.0422. The number of ether oxygens (including phenoxy) is 2. The Morgan fingerprint density at radius 2 is 1.87 bits per heavy atom. The van der Waals surface area contributed by atoms with Crippen LogP contribution < -0.4 is 9.47 Å². The first-order valence-electron chi connectivity index (χ1n) is 5.27. The standard InChI is InChI=1S/C12H15FO2/c1-8(2)14-11-5-9(13)6-12(7-11)15-10-3-4-10/h5-8,10H,3-4H2,1-2H3. The molecule has 1 aromatic carbocycles. The van der Waals surface area contributed by atoms with Crippen LogP contribution in [-0.2, 0) is 0 Å². The number of benzene rings is 1. The summed E-state index contributed by atoms with van der Waals surface area (Å²) in [6, 6.07) is 4.51. The van der Waals surface area contributed by atoms with Gasteiger partial charge in [0, 0.05) is 18.2 Å². The van der Waals surface area contributed by atoms with Crippen molar-refractivity contribution in [2.24, 2.45) is 0 Å². The van der Waals surface area contributed by atoms with Crippen molar-refractivity contribution in [3.8, 4) is 11.5 Å². The van der Waals surface area contributed by atoms with Crippen LogP contribution in [0.2, 0.25) is 0 Å². The molecule has 82 valence electrons. The van der Waals surface area contributed by atoms with Crippen LogP contribution in [0.25, 0.3) is 0 Å². The summed E-state index contributed by atoms with van der Waals surface area (Å²) in [5.74, 6) is 0.776. The second-order valence-electron chi connectivity index (χ2n) is 4.11. The van der Waals surface area contributed by atoms with E-state index in [4.69, 9.17) is 9.47 Å². The molecule has 15 heavy (non-hydrogen) atoms. The van der Waals surface area contributed by atoms with Gasteiger partial charge in [-0.1, -0.05) is 0 Å². The maximum absolute atomic E-state index is 13.2. The van der Waals surface area contributed by atoms with E-state index in [1.165, 1.54) is 12.1 Å². The lowest BCUT2D eigenvalue weighted by atomic mass is 10.3. The fourth-order valence-electron chi connectivity index (χ4n) is 1.32. The van der Waals surface area contributed by atoms with Crippen LogP contribution in [0.15, 0.2) is 18.2 Å². The van der Waals surface area contributed by atoms with Crippen molar-refractivity contribution in [3.05, 3.63) is 24.0 Å². The molecule has 0 aromatic heterocycles. The molecule has 0 spiro atoms. The highest BCUT2D eigenvalue weighted by Gasteiger charge is 2.23. The van der Waals surface area contributed by atoms with E-state index in [2.05, 4.69) is 0 Å². The minimum atomic E-state index is -0.316. The second-order valence-corrected chi connectivity index (χ2v) is 4.11. The summed E-state index contributed by atoms with van der Waals surface area (Å²) in [4.78, 5) is 0. The molecule has 1 fully saturated rings. The van der Waals surface area contributed by atoms with Crippen LogP contribution in [0.5, 0.6) is 11.5 Å². The van der Waals surface area contributed by atoms with E-state index in [0.717, 1.165) is 12.8 Å². The molecule has 0 amide bonds. The molecule has 2 rings (SSSR count). The van der Waals surface area contributed by atoms with Crippen molar-refractivity contribution >= 4 is 0 Å². The fraction of sp³-hybridized carbons (Fsp3) is 0.500. The van der Waals surface area contributed by atoms with Crippen LogP contribution in [0.3, 0.4) is 0 Å². The van der Waals surface area contributed by atoms with Gasteiger partial charge in [0.2, 0.25) is 0 Å². The Hall–Kier alpha value is -1.25. The molecule has 0 bridgehead atoms. The molecule has 0 heterocycles. The maximum atomic E-state index is 13.2. The van der Waals surface area contributed by atoms with Crippen molar-refractivity contribution in [2.45, 2.75) is 38.9 Å². The van der Waals surface area contributed by atoms with Crippen LogP contribution >= 0.6 is 0 Å². The van der Waals surface area contributed by atoms with E-state index in [1.54, 1.807) is 6.07 Å². The first-order chi connectivity index (χ1) is 7.13. The van der Waals surface area contributed by atoms with Crippen LogP contribution in [0.4, 0.5) is 4.39 Å². The van der Waals surface area contributed by atoms with Crippen LogP contribution in [0.1, 0.15) is 26.7 Å². The van der Waals surface area contributed by atoms with Gasteiger partial charge < -0.3 is 9.47 Å². The Balaban J connectivity index is 2.11. The molecule has 0 aliphatic heterocycles. The lowest BCUT2D eigenvalue weighted by Gasteiger charge is -2.11. The zero-order chi connectivity index (χ0) is 10.8. The van der Waals surface area contributed by atoms with Gasteiger partial charge in [-0.15, -0.1) is 0 Å². The first kappa shape index (κ1) is 10.3. The van der Waals surface area contributed by atoms with Gasteiger partial charge in [-0.25, -0.2) is 4.39 Å². The van der Waals surface area contributed by atoms with Crippen molar-refractivity contribution < 1.29 is 13.9 Å². The Labute approximate surface area is 89.0 Å². The normalized spacial score (nSPS) is 15.5. The van der Waals surface area contributed by atoms with Gasteiger partial charge in [0.25, 0.3) is 0 Å². The lowest BCUT2D eigenvalue weighted by Crippen LogP contribution is -2.06. The molecule has 0 N–H and O–H groups in total. The summed E-state index contributed by atoms with van der Waals surface area (Å²) < 4.78 is 24.1. The first-order valence-corrected chi connectivity index (χ1v) is 5.27. The number of rotatable bonds is 4. The molecule has 3 heteroatoms. The fourth-order valence-corrected chi connectivity index (χ4v) is 1.32. The Bertz CT molecular complexity index is 323. The summed E-state index contributed by atoms with van der Waals surface area (Å²) in [7, 11) is 0. The zero-order valence-corrected chi connectivity index (χ0v) is 9.00. The van der Waals surface area contributed by atoms with E-state index >= 15 is 0 Å². The molecule has 0 atom stereocenters. The highest BCUT2D eigenvalue weighted by molar-refractivity contribution is 5.34. The van der Waals surface area contributed by atoms with Gasteiger partial charge in [-0.3, -0.25) is 0 Å². The molecule has 1 aliphatic rings. The summed E-state index contributed by atoms with van der Waals surface area (Å²) in [5, 5.41) is 0. The third kappa shape index (κ3) is 3.11. The summed E-state index contributed by atoms with van der Waals surface area (Å²) >= 11 is 0. The average molecular weight is 210 g/mol. The molecule has 1 aromatic rings. The van der Waals surface area contributed by atoms with E-state index in [9.17, 15) is 4.39 Å². The number of hydrogen-bond acceptors (Lipinski definition) is 2. The third-order valence-corrected chi connectivity index (χ3v) is 2.04. The Kier molecular flexibility index (Phi) is 2.80. The van der Waals surface area contributed by atoms with Crippen LogP contribution in [-0.4, -0.2) is 12.2 Å². The Morgan fingerprint density at radius 1 is 1.20 bits per heavy atom. The lowest BCUT2D eigenvalue weighted by molar-refractivity contribution is 0.238. The zero-order valence-electron chi connectivity index (χ0n) is 9.00. The molecular formula is C12H15FO2. The van der Waals surface area contributed by atoms with Crippen molar-refractivity contribution in [1.82, 2.24) is 0 Å². The molecule has 0 unspecified atom stereocenters. The maximum Gasteiger partial charge on any atom is 0.130 e. The van der Waals surface area contributed by atoms with Crippen molar-refractivity contribution in [2.75, 3.05) is 0 Å². The second kappa shape index (κ2) is 4.09. The van der Waals surface area contributed by atoms with Crippen molar-refractivity contribution in [1.29, 1.82) is 0 Å². The summed E-state index contributed by atoms with van der Waals surface area (Å²) in [6.45, 7) is 3.82. The van der Waals surface area contributed by atoms with E-state index < -0.39 is 0 Å². The highest BCUT2D eigenvalue weighted by atomic mass is 19.1. The summed E-state index contributed by atoms with van der Waals surface area (Å²) in [5.41, 5.74) is 0. The molecule has 0 saturated heterocycles. The van der Waals surface area contributed by atoms with Gasteiger partial charge in [-0.05, 0) is 26.7 Å². The third-order valence-electron chi connectivity index (χ3n) is 2.04. The highest BCUT2D eigenvalue weighted by Crippen LogP contribution is 2.30. The minimum Gasteiger partial charge on any atom is -0.491 e. The number of hydrogen-bond donors (Lipinski definition) is 0.